The first-order valence-electron chi connectivity index (χ1n) is 6.39. The fraction of sp³-hybridized carbons (Fsp3) is 0.333. The number of amides is 1. The summed E-state index contributed by atoms with van der Waals surface area (Å²) in [7, 11) is 1.43. The zero-order chi connectivity index (χ0) is 15.8. The van der Waals surface area contributed by atoms with Gasteiger partial charge in [-0.1, -0.05) is 11.8 Å². The van der Waals surface area contributed by atoms with Crippen LogP contribution in [0.4, 0.5) is 4.39 Å². The molecule has 6 heteroatoms. The Morgan fingerprint density at radius 2 is 2.14 bits per heavy atom. The van der Waals surface area contributed by atoms with E-state index in [0.29, 0.717) is 5.56 Å². The zero-order valence-corrected chi connectivity index (χ0v) is 12.0. The summed E-state index contributed by atoms with van der Waals surface area (Å²) < 4.78 is 18.1. The second-order valence-electron chi connectivity index (χ2n) is 4.16. The van der Waals surface area contributed by atoms with Crippen LogP contribution < -0.4 is 5.73 Å². The van der Waals surface area contributed by atoms with Crippen LogP contribution in [0.5, 0.6) is 0 Å². The summed E-state index contributed by atoms with van der Waals surface area (Å²) in [5.74, 6) is 3.73. The van der Waals surface area contributed by atoms with Gasteiger partial charge in [0.05, 0.1) is 18.7 Å². The van der Waals surface area contributed by atoms with Crippen molar-refractivity contribution < 1.29 is 18.7 Å². The summed E-state index contributed by atoms with van der Waals surface area (Å²) in [6, 6.07) is 3.70. The summed E-state index contributed by atoms with van der Waals surface area (Å²) in [6.45, 7) is 1.82. The number of likely N-dealkylation sites (N-methyl/N-ethyl adjacent to an activating group) is 1. The first-order valence-corrected chi connectivity index (χ1v) is 6.39. The van der Waals surface area contributed by atoms with Gasteiger partial charge < -0.3 is 15.4 Å². The van der Waals surface area contributed by atoms with E-state index >= 15 is 0 Å². The molecule has 0 aromatic heterocycles. The third-order valence-corrected chi connectivity index (χ3v) is 2.56. The molecule has 0 aliphatic heterocycles. The van der Waals surface area contributed by atoms with E-state index in [1.165, 1.54) is 19.2 Å². The van der Waals surface area contributed by atoms with Gasteiger partial charge in [-0.25, -0.2) is 4.39 Å². The molecule has 0 atom stereocenters. The Labute approximate surface area is 122 Å². The largest absolute Gasteiger partial charge is 0.465 e. The highest BCUT2D eigenvalue weighted by atomic mass is 19.1. The van der Waals surface area contributed by atoms with E-state index in [4.69, 9.17) is 10.5 Å². The third kappa shape index (κ3) is 4.89. The van der Waals surface area contributed by atoms with Gasteiger partial charge in [0.15, 0.2) is 0 Å². The molecule has 1 amide bonds. The van der Waals surface area contributed by atoms with Gasteiger partial charge in [-0.2, -0.15) is 0 Å². The molecule has 0 fully saturated rings. The van der Waals surface area contributed by atoms with Gasteiger partial charge in [0.1, 0.15) is 12.4 Å². The van der Waals surface area contributed by atoms with Crippen molar-refractivity contribution in [1.82, 2.24) is 4.90 Å². The van der Waals surface area contributed by atoms with E-state index in [-0.39, 0.29) is 25.3 Å². The van der Waals surface area contributed by atoms with E-state index in [1.54, 1.807) is 6.92 Å². The van der Waals surface area contributed by atoms with E-state index in [0.717, 1.165) is 11.0 Å². The smallest absolute Gasteiger partial charge is 0.325 e. The quantitative estimate of drug-likeness (QED) is 0.657. The molecule has 1 aromatic rings. The van der Waals surface area contributed by atoms with Crippen LogP contribution in [0.15, 0.2) is 18.2 Å². The molecule has 2 N–H and O–H groups in total. The number of nitrogens with two attached hydrogens (primary N) is 1. The molecule has 0 saturated carbocycles. The van der Waals surface area contributed by atoms with Crippen molar-refractivity contribution in [2.45, 2.75) is 6.92 Å². The number of hydrogen-bond donors (Lipinski definition) is 1. The van der Waals surface area contributed by atoms with Gasteiger partial charge in [0, 0.05) is 12.6 Å². The highest BCUT2D eigenvalue weighted by Gasteiger charge is 2.18. The SMILES string of the molecule is CCOC(=O)CN(C)C(=O)c1cc(F)ccc1C#CCN. The molecule has 0 saturated heterocycles. The number of ether oxygens (including phenoxy) is 1. The van der Waals surface area contributed by atoms with Crippen molar-refractivity contribution in [3.8, 4) is 11.8 Å². The average molecular weight is 292 g/mol. The molecule has 112 valence electrons. The normalized spacial score (nSPS) is 9.52. The number of carbonyl (C=O) groups is 2. The van der Waals surface area contributed by atoms with Gasteiger partial charge in [0.2, 0.25) is 0 Å². The second-order valence-corrected chi connectivity index (χ2v) is 4.16. The summed E-state index contributed by atoms with van der Waals surface area (Å²) in [4.78, 5) is 24.8. The Kier molecular flexibility index (Phi) is 6.37. The second kappa shape index (κ2) is 8.02. The maximum atomic E-state index is 13.3. The van der Waals surface area contributed by atoms with Crippen molar-refractivity contribution in [2.75, 3.05) is 26.7 Å². The number of esters is 1. The molecule has 1 rings (SSSR count). The van der Waals surface area contributed by atoms with Crippen LogP contribution in [-0.4, -0.2) is 43.5 Å². The Morgan fingerprint density at radius 3 is 2.76 bits per heavy atom. The standard InChI is InChI=1S/C15H17FN2O3/c1-3-21-14(19)10-18(2)15(20)13-9-12(16)7-6-11(13)5-4-8-17/h6-7,9H,3,8,10,17H2,1-2H3. The minimum Gasteiger partial charge on any atom is -0.465 e. The van der Waals surface area contributed by atoms with Crippen molar-refractivity contribution in [2.24, 2.45) is 5.73 Å². The molecular weight excluding hydrogens is 275 g/mol. The van der Waals surface area contributed by atoms with Crippen LogP contribution in [0, 0.1) is 17.7 Å². The first kappa shape index (κ1) is 16.7. The van der Waals surface area contributed by atoms with Crippen molar-refractivity contribution in [1.29, 1.82) is 0 Å². The lowest BCUT2D eigenvalue weighted by molar-refractivity contribution is -0.143. The molecule has 1 aromatic carbocycles. The summed E-state index contributed by atoms with van der Waals surface area (Å²) in [5, 5.41) is 0. The molecule has 0 radical (unpaired) electrons. The predicted molar refractivity (Wildman–Crippen MR) is 75.9 cm³/mol. The number of nitrogens with zero attached hydrogens (tertiary/aromatic N) is 1. The van der Waals surface area contributed by atoms with Gasteiger partial charge in [0.25, 0.3) is 5.91 Å². The molecule has 0 aliphatic rings. The van der Waals surface area contributed by atoms with Crippen LogP contribution in [0.2, 0.25) is 0 Å². The number of halogens is 1. The molecule has 0 unspecified atom stereocenters. The van der Waals surface area contributed by atoms with E-state index in [2.05, 4.69) is 11.8 Å². The van der Waals surface area contributed by atoms with Crippen LogP contribution >= 0.6 is 0 Å². The fourth-order valence-corrected chi connectivity index (χ4v) is 1.63. The lowest BCUT2D eigenvalue weighted by Gasteiger charge is -2.17. The minimum atomic E-state index is -0.554. The van der Waals surface area contributed by atoms with Gasteiger partial charge in [-0.15, -0.1) is 0 Å². The highest BCUT2D eigenvalue weighted by molar-refractivity contribution is 5.98. The van der Waals surface area contributed by atoms with E-state index < -0.39 is 17.7 Å². The number of benzene rings is 1. The summed E-state index contributed by atoms with van der Waals surface area (Å²) in [5.41, 5.74) is 5.74. The predicted octanol–water partition coefficient (Wildman–Crippen LogP) is 0.771. The number of carbonyl (C=O) groups excluding carboxylic acids is 2. The number of hydrogen-bond acceptors (Lipinski definition) is 4. The van der Waals surface area contributed by atoms with Crippen molar-refractivity contribution in [3.63, 3.8) is 0 Å². The Hall–Kier alpha value is -2.39. The van der Waals surface area contributed by atoms with Crippen LogP contribution in [-0.2, 0) is 9.53 Å². The first-order chi connectivity index (χ1) is 9.99. The lowest BCUT2D eigenvalue weighted by Crippen LogP contribution is -2.33. The monoisotopic (exact) mass is 292 g/mol. The average Bonchev–Trinajstić information content (AvgIpc) is 2.45. The topological polar surface area (TPSA) is 72.6 Å². The van der Waals surface area contributed by atoms with Crippen molar-refractivity contribution >= 4 is 11.9 Å². The van der Waals surface area contributed by atoms with Crippen LogP contribution in [0.25, 0.3) is 0 Å². The maximum Gasteiger partial charge on any atom is 0.325 e. The zero-order valence-electron chi connectivity index (χ0n) is 12.0. The Balaban J connectivity index is 3.00. The van der Waals surface area contributed by atoms with Crippen LogP contribution in [0.3, 0.4) is 0 Å². The fourth-order valence-electron chi connectivity index (χ4n) is 1.63. The van der Waals surface area contributed by atoms with Gasteiger partial charge in [-0.05, 0) is 25.1 Å². The maximum absolute atomic E-state index is 13.3. The molecule has 0 bridgehead atoms. The summed E-state index contributed by atoms with van der Waals surface area (Å²) >= 11 is 0. The molecule has 0 heterocycles. The van der Waals surface area contributed by atoms with E-state index in [1.807, 2.05) is 0 Å². The molecule has 0 spiro atoms. The lowest BCUT2D eigenvalue weighted by atomic mass is 10.1. The minimum absolute atomic E-state index is 0.0859. The van der Waals surface area contributed by atoms with Crippen LogP contribution in [0.1, 0.15) is 22.8 Å². The van der Waals surface area contributed by atoms with E-state index in [9.17, 15) is 14.0 Å². The number of rotatable bonds is 4. The van der Waals surface area contributed by atoms with Gasteiger partial charge in [-0.3, -0.25) is 9.59 Å². The summed E-state index contributed by atoms with van der Waals surface area (Å²) in [6.07, 6.45) is 0. The molecular formula is C15H17FN2O3. The van der Waals surface area contributed by atoms with Gasteiger partial charge >= 0.3 is 5.97 Å². The van der Waals surface area contributed by atoms with Crippen molar-refractivity contribution in [3.05, 3.63) is 35.1 Å². The molecule has 5 nitrogen and oxygen atoms in total. The molecule has 21 heavy (non-hydrogen) atoms. The Morgan fingerprint density at radius 1 is 1.43 bits per heavy atom. The highest BCUT2D eigenvalue weighted by Crippen LogP contribution is 2.13. The Bertz CT molecular complexity index is 590. The third-order valence-electron chi connectivity index (χ3n) is 2.56. The molecule has 0 aliphatic carbocycles.